The van der Waals surface area contributed by atoms with Gasteiger partial charge in [-0.1, -0.05) is 75.3 Å². The third-order valence-electron chi connectivity index (χ3n) is 5.30. The number of amides is 2. The average molecular weight is 403 g/mol. The molecule has 0 saturated carbocycles. The van der Waals surface area contributed by atoms with Crippen molar-refractivity contribution in [3.8, 4) is 0 Å². The van der Waals surface area contributed by atoms with Gasteiger partial charge < -0.3 is 4.90 Å². The van der Waals surface area contributed by atoms with Gasteiger partial charge in [-0.25, -0.2) is 0 Å². The van der Waals surface area contributed by atoms with Crippen LogP contribution in [-0.2, 0) is 9.59 Å². The first-order valence-electron chi connectivity index (χ1n) is 9.72. The summed E-state index contributed by atoms with van der Waals surface area (Å²) in [6.07, 6.45) is 4.43. The van der Waals surface area contributed by atoms with Crippen LogP contribution in [0.15, 0.2) is 29.2 Å². The fourth-order valence-electron chi connectivity index (χ4n) is 3.70. The van der Waals surface area contributed by atoms with Crippen LogP contribution in [0.5, 0.6) is 0 Å². The van der Waals surface area contributed by atoms with Gasteiger partial charge in [-0.3, -0.25) is 14.5 Å². The van der Waals surface area contributed by atoms with Gasteiger partial charge >= 0.3 is 0 Å². The van der Waals surface area contributed by atoms with Gasteiger partial charge in [-0.2, -0.15) is 0 Å². The molecule has 2 aliphatic rings. The lowest BCUT2D eigenvalue weighted by atomic mass is 9.98. The third kappa shape index (κ3) is 3.69. The Balaban J connectivity index is 1.93. The van der Waals surface area contributed by atoms with E-state index >= 15 is 0 Å². The maximum absolute atomic E-state index is 13.2. The molecule has 1 fully saturated rings. The average Bonchev–Trinajstić information content (AvgIpc) is 3.11. The monoisotopic (exact) mass is 402 g/mol. The van der Waals surface area contributed by atoms with E-state index in [1.54, 1.807) is 9.80 Å². The highest BCUT2D eigenvalue weighted by Gasteiger charge is 2.41. The summed E-state index contributed by atoms with van der Waals surface area (Å²) in [5.74, 6) is 0.226. The second-order valence-electron chi connectivity index (χ2n) is 6.97. The van der Waals surface area contributed by atoms with Crippen LogP contribution in [-0.4, -0.2) is 34.1 Å². The molecule has 1 atom stereocenters. The lowest BCUT2D eigenvalue weighted by Gasteiger charge is -2.21. The molecular formula is C21H26N2O2S2. The predicted molar refractivity (Wildman–Crippen MR) is 117 cm³/mol. The van der Waals surface area contributed by atoms with Gasteiger partial charge in [0.05, 0.1) is 16.2 Å². The molecule has 27 heavy (non-hydrogen) atoms. The maximum Gasteiger partial charge on any atom is 0.267 e. The molecule has 1 aromatic rings. The number of carbonyl (C=O) groups is 2. The number of hydrogen-bond donors (Lipinski definition) is 0. The zero-order chi connectivity index (χ0) is 19.6. The molecule has 3 rings (SSSR count). The van der Waals surface area contributed by atoms with Gasteiger partial charge in [0.1, 0.15) is 4.32 Å². The van der Waals surface area contributed by atoms with E-state index in [2.05, 4.69) is 13.8 Å². The lowest BCUT2D eigenvalue weighted by Crippen LogP contribution is -2.33. The number of anilines is 1. The smallest absolute Gasteiger partial charge is 0.267 e. The van der Waals surface area contributed by atoms with Gasteiger partial charge in [0.25, 0.3) is 11.8 Å². The molecule has 1 saturated heterocycles. The molecule has 0 radical (unpaired) electrons. The minimum absolute atomic E-state index is 0.0998. The fraction of sp³-hybridized carbons (Fsp3) is 0.476. The number of rotatable bonds is 7. The Hall–Kier alpha value is -1.66. The van der Waals surface area contributed by atoms with Crippen molar-refractivity contribution in [1.29, 1.82) is 0 Å². The summed E-state index contributed by atoms with van der Waals surface area (Å²) in [6, 6.07) is 7.68. The number of nitrogens with zero attached hydrogens (tertiary/aromatic N) is 2. The van der Waals surface area contributed by atoms with E-state index in [9.17, 15) is 9.59 Å². The number of hydrogen-bond acceptors (Lipinski definition) is 4. The fourth-order valence-corrected chi connectivity index (χ4v) is 5.04. The molecular weight excluding hydrogens is 376 g/mol. The van der Waals surface area contributed by atoms with E-state index in [4.69, 9.17) is 12.2 Å². The number of benzene rings is 1. The van der Waals surface area contributed by atoms with E-state index in [1.165, 1.54) is 11.8 Å². The molecule has 0 unspecified atom stereocenters. The van der Waals surface area contributed by atoms with Crippen molar-refractivity contribution < 1.29 is 9.59 Å². The number of thioether (sulfide) groups is 1. The summed E-state index contributed by atoms with van der Waals surface area (Å²) < 4.78 is 0.567. The molecule has 0 aliphatic carbocycles. The molecule has 0 spiro atoms. The quantitative estimate of drug-likeness (QED) is 0.483. The van der Waals surface area contributed by atoms with Crippen LogP contribution < -0.4 is 4.90 Å². The van der Waals surface area contributed by atoms with Gasteiger partial charge in [0.15, 0.2) is 0 Å². The first-order valence-corrected chi connectivity index (χ1v) is 10.9. The Labute approximate surface area is 171 Å². The predicted octanol–water partition coefficient (Wildman–Crippen LogP) is 4.84. The topological polar surface area (TPSA) is 40.6 Å². The summed E-state index contributed by atoms with van der Waals surface area (Å²) in [5, 5.41) is 0. The zero-order valence-electron chi connectivity index (χ0n) is 16.2. The van der Waals surface area contributed by atoms with Crippen LogP contribution in [0.25, 0.3) is 5.57 Å². The minimum atomic E-state index is -0.115. The minimum Gasteiger partial charge on any atom is -0.308 e. The van der Waals surface area contributed by atoms with Crippen molar-refractivity contribution in [2.45, 2.75) is 46.5 Å². The molecule has 0 N–H and O–H groups in total. The Bertz CT molecular complexity index is 803. The Morgan fingerprint density at radius 1 is 1.07 bits per heavy atom. The summed E-state index contributed by atoms with van der Waals surface area (Å²) in [5.41, 5.74) is 2.22. The van der Waals surface area contributed by atoms with E-state index < -0.39 is 0 Å². The number of thiocarbonyl (C=S) groups is 1. The normalized spacial score (nSPS) is 20.6. The van der Waals surface area contributed by atoms with E-state index in [0.29, 0.717) is 33.8 Å². The number of unbranched alkanes of at least 4 members (excludes halogenated alkanes) is 1. The van der Waals surface area contributed by atoms with E-state index in [0.717, 1.165) is 36.9 Å². The Morgan fingerprint density at radius 3 is 2.48 bits per heavy atom. The molecule has 2 heterocycles. The van der Waals surface area contributed by atoms with Crippen molar-refractivity contribution in [3.63, 3.8) is 0 Å². The van der Waals surface area contributed by atoms with Gasteiger partial charge in [-0.05, 0) is 25.3 Å². The summed E-state index contributed by atoms with van der Waals surface area (Å²) in [6.45, 7) is 7.51. The van der Waals surface area contributed by atoms with Crippen LogP contribution in [0.4, 0.5) is 5.69 Å². The number of likely N-dealkylation sites (N-methyl/N-ethyl adjacent to an activating group) is 1. The second kappa shape index (κ2) is 8.57. The first-order chi connectivity index (χ1) is 13.0. The Morgan fingerprint density at radius 2 is 1.81 bits per heavy atom. The van der Waals surface area contributed by atoms with Crippen LogP contribution in [0.3, 0.4) is 0 Å². The first kappa shape index (κ1) is 20.1. The third-order valence-corrected chi connectivity index (χ3v) is 6.75. The largest absolute Gasteiger partial charge is 0.308 e. The van der Waals surface area contributed by atoms with Crippen molar-refractivity contribution in [2.24, 2.45) is 5.92 Å². The number of fused-ring (bicyclic) bond motifs is 1. The Kier molecular flexibility index (Phi) is 6.37. The van der Waals surface area contributed by atoms with E-state index in [1.807, 2.05) is 31.2 Å². The summed E-state index contributed by atoms with van der Waals surface area (Å²) in [7, 11) is 0. The molecule has 2 aliphatic heterocycles. The molecule has 144 valence electrons. The highest BCUT2D eigenvalue weighted by atomic mass is 32.2. The molecule has 1 aromatic carbocycles. The van der Waals surface area contributed by atoms with Gasteiger partial charge in [0, 0.05) is 18.7 Å². The van der Waals surface area contributed by atoms with Crippen LogP contribution in [0.1, 0.15) is 52.0 Å². The lowest BCUT2D eigenvalue weighted by molar-refractivity contribution is -0.123. The van der Waals surface area contributed by atoms with Gasteiger partial charge in [-0.15, -0.1) is 0 Å². The van der Waals surface area contributed by atoms with Crippen LogP contribution in [0.2, 0.25) is 0 Å². The van der Waals surface area contributed by atoms with Crippen molar-refractivity contribution in [2.75, 3.05) is 18.0 Å². The SMILES string of the molecule is CCCC[C@H](CC)CN1C(=O)/C(=C2\C(=O)N(CC)c3ccccc32)SC1=S. The molecule has 2 amide bonds. The molecule has 0 bridgehead atoms. The van der Waals surface area contributed by atoms with Crippen LogP contribution >= 0.6 is 24.0 Å². The highest BCUT2D eigenvalue weighted by Crippen LogP contribution is 2.44. The van der Waals surface area contributed by atoms with E-state index in [-0.39, 0.29) is 11.8 Å². The standard InChI is InChI=1S/C21H26N2O2S2/c1-4-7-10-14(5-2)13-23-20(25)18(27-21(23)26)17-15-11-8-9-12-16(15)22(6-3)19(17)24/h8-9,11-12,14H,4-7,10,13H2,1-3H3/b18-17+/t14-/m0/s1. The van der Waals surface area contributed by atoms with Crippen molar-refractivity contribution in [3.05, 3.63) is 34.7 Å². The summed E-state index contributed by atoms with van der Waals surface area (Å²) in [4.78, 5) is 30.1. The molecule has 6 heteroatoms. The maximum atomic E-state index is 13.2. The summed E-state index contributed by atoms with van der Waals surface area (Å²) >= 11 is 6.79. The van der Waals surface area contributed by atoms with Crippen molar-refractivity contribution >= 4 is 51.4 Å². The number of carbonyl (C=O) groups excluding carboxylic acids is 2. The van der Waals surface area contributed by atoms with Crippen LogP contribution in [0, 0.1) is 5.92 Å². The molecule has 0 aromatic heterocycles. The zero-order valence-corrected chi connectivity index (χ0v) is 17.8. The van der Waals surface area contributed by atoms with Gasteiger partial charge in [0.2, 0.25) is 0 Å². The number of para-hydroxylation sites is 1. The second-order valence-corrected chi connectivity index (χ2v) is 8.62. The van der Waals surface area contributed by atoms with Crippen molar-refractivity contribution in [1.82, 2.24) is 4.90 Å². The highest BCUT2D eigenvalue weighted by molar-refractivity contribution is 8.26. The molecule has 4 nitrogen and oxygen atoms in total.